The number of ketones is 1. The predicted molar refractivity (Wildman–Crippen MR) is 110 cm³/mol. The van der Waals surface area contributed by atoms with E-state index in [4.69, 9.17) is 0 Å². The van der Waals surface area contributed by atoms with Gasteiger partial charge in [-0.2, -0.15) is 0 Å². The fraction of sp³-hybridized carbons (Fsp3) is 0.333. The number of Topliss-reactive ketones (excluding diaryl/α,β-unsaturated/α-hetero) is 1. The van der Waals surface area contributed by atoms with Crippen molar-refractivity contribution in [3.63, 3.8) is 0 Å². The smallest absolute Gasteiger partial charge is 0.307 e. The third kappa shape index (κ3) is 4.89. The van der Waals surface area contributed by atoms with Crippen LogP contribution in [-0.4, -0.2) is 28.7 Å². The number of hydrogen-bond acceptors (Lipinski definition) is 5. The molecule has 29 heavy (non-hydrogen) atoms. The summed E-state index contributed by atoms with van der Waals surface area (Å²) >= 11 is 1.20. The highest BCUT2D eigenvalue weighted by Crippen LogP contribution is 2.33. The van der Waals surface area contributed by atoms with E-state index >= 15 is 0 Å². The highest BCUT2D eigenvalue weighted by Gasteiger charge is 2.36. The highest BCUT2D eigenvalue weighted by atomic mass is 32.1. The van der Waals surface area contributed by atoms with E-state index in [-0.39, 0.29) is 11.7 Å². The van der Waals surface area contributed by atoms with Crippen LogP contribution in [0.25, 0.3) is 0 Å². The fourth-order valence-electron chi connectivity index (χ4n) is 3.54. The van der Waals surface area contributed by atoms with Gasteiger partial charge in [0.15, 0.2) is 5.78 Å². The lowest BCUT2D eigenvalue weighted by Gasteiger charge is -2.27. The summed E-state index contributed by atoms with van der Waals surface area (Å²) in [7, 11) is 0. The van der Waals surface area contributed by atoms with Gasteiger partial charge < -0.3 is 15.7 Å². The molecule has 3 N–H and O–H groups in total. The average molecular weight is 414 g/mol. The molecule has 1 fully saturated rings. The minimum Gasteiger partial charge on any atom is -0.481 e. The van der Waals surface area contributed by atoms with Crippen LogP contribution in [-0.2, 0) is 9.59 Å². The van der Waals surface area contributed by atoms with Crippen LogP contribution in [0.2, 0.25) is 0 Å². The molecule has 0 spiro atoms. The number of amides is 2. The summed E-state index contributed by atoms with van der Waals surface area (Å²) in [5.41, 5.74) is 1.25. The van der Waals surface area contributed by atoms with E-state index in [0.717, 1.165) is 12.8 Å². The Balaban J connectivity index is 1.72. The van der Waals surface area contributed by atoms with E-state index < -0.39 is 23.7 Å². The first-order valence-electron chi connectivity index (χ1n) is 9.40. The molecule has 1 aromatic carbocycles. The summed E-state index contributed by atoms with van der Waals surface area (Å²) in [6.45, 7) is 1.45. The predicted octanol–water partition coefficient (Wildman–Crippen LogP) is 4.03. The molecule has 7 nitrogen and oxygen atoms in total. The third-order valence-electron chi connectivity index (χ3n) is 5.09. The van der Waals surface area contributed by atoms with Gasteiger partial charge >= 0.3 is 5.97 Å². The second kappa shape index (κ2) is 9.00. The van der Waals surface area contributed by atoms with Crippen molar-refractivity contribution in [2.24, 2.45) is 11.8 Å². The Labute approximate surface area is 172 Å². The first-order valence-corrected chi connectivity index (χ1v) is 10.3. The van der Waals surface area contributed by atoms with Crippen LogP contribution in [0.5, 0.6) is 0 Å². The van der Waals surface area contributed by atoms with Gasteiger partial charge in [-0.1, -0.05) is 25.0 Å². The average Bonchev–Trinajstić information content (AvgIpc) is 3.16. The maximum atomic E-state index is 12.7. The summed E-state index contributed by atoms with van der Waals surface area (Å²) in [4.78, 5) is 48.3. The van der Waals surface area contributed by atoms with Crippen molar-refractivity contribution in [3.8, 4) is 0 Å². The third-order valence-corrected chi connectivity index (χ3v) is 5.92. The van der Waals surface area contributed by atoms with Crippen molar-refractivity contribution >= 4 is 45.6 Å². The van der Waals surface area contributed by atoms with Gasteiger partial charge in [0, 0.05) is 11.3 Å². The maximum absolute atomic E-state index is 12.7. The molecule has 1 heterocycles. The number of carboxylic acid groups (broad SMARTS) is 1. The lowest BCUT2D eigenvalue weighted by molar-refractivity contribution is -0.147. The molecule has 1 saturated carbocycles. The van der Waals surface area contributed by atoms with Gasteiger partial charge in [0.1, 0.15) is 5.00 Å². The quantitative estimate of drug-likeness (QED) is 0.618. The number of benzene rings is 1. The maximum Gasteiger partial charge on any atom is 0.307 e. The molecule has 0 bridgehead atoms. The number of anilines is 2. The van der Waals surface area contributed by atoms with Gasteiger partial charge in [-0.3, -0.25) is 19.2 Å². The minimum atomic E-state index is -0.959. The molecule has 2 atom stereocenters. The molecule has 152 valence electrons. The standard InChI is InChI=1S/C21H22N2O5S/c1-12(24)13-5-4-6-14(11-13)22-19(26)17-9-10-29-20(17)23-18(25)15-7-2-3-8-16(15)21(27)28/h4-6,9-11,15-16H,2-3,7-8H2,1H3,(H,22,26)(H,23,25)(H,27,28)/t15-,16+/m0/s1. The molecule has 1 aromatic heterocycles. The number of carbonyl (C=O) groups is 4. The zero-order valence-corrected chi connectivity index (χ0v) is 16.8. The van der Waals surface area contributed by atoms with Gasteiger partial charge in [0.25, 0.3) is 5.91 Å². The number of rotatable bonds is 6. The summed E-state index contributed by atoms with van der Waals surface area (Å²) < 4.78 is 0. The van der Waals surface area contributed by atoms with Gasteiger partial charge in [-0.05, 0) is 43.3 Å². The van der Waals surface area contributed by atoms with E-state index in [0.29, 0.717) is 34.7 Å². The Morgan fingerprint density at radius 2 is 1.76 bits per heavy atom. The van der Waals surface area contributed by atoms with Crippen LogP contribution in [0.15, 0.2) is 35.7 Å². The highest BCUT2D eigenvalue weighted by molar-refractivity contribution is 7.14. The van der Waals surface area contributed by atoms with Crippen molar-refractivity contribution in [1.82, 2.24) is 0 Å². The van der Waals surface area contributed by atoms with Gasteiger partial charge in [0.05, 0.1) is 17.4 Å². The largest absolute Gasteiger partial charge is 0.481 e. The first-order chi connectivity index (χ1) is 13.9. The monoisotopic (exact) mass is 414 g/mol. The lowest BCUT2D eigenvalue weighted by atomic mass is 9.79. The van der Waals surface area contributed by atoms with E-state index in [1.165, 1.54) is 18.3 Å². The van der Waals surface area contributed by atoms with E-state index in [1.807, 2.05) is 0 Å². The Hall–Kier alpha value is -3.00. The Kier molecular flexibility index (Phi) is 6.43. The minimum absolute atomic E-state index is 0.106. The van der Waals surface area contributed by atoms with Crippen molar-refractivity contribution in [2.75, 3.05) is 10.6 Å². The van der Waals surface area contributed by atoms with Crippen molar-refractivity contribution < 1.29 is 24.3 Å². The summed E-state index contributed by atoms with van der Waals surface area (Å²) in [5, 5.41) is 16.9. The second-order valence-corrected chi connectivity index (χ2v) is 8.00. The molecule has 8 heteroatoms. The number of thiophene rings is 1. The second-order valence-electron chi connectivity index (χ2n) is 7.08. The molecular weight excluding hydrogens is 392 g/mol. The number of carboxylic acids is 1. The normalized spacial score (nSPS) is 18.7. The van der Waals surface area contributed by atoms with Crippen LogP contribution in [0, 0.1) is 11.8 Å². The molecule has 0 radical (unpaired) electrons. The molecule has 0 aliphatic heterocycles. The van der Waals surface area contributed by atoms with Crippen LogP contribution in [0.1, 0.15) is 53.3 Å². The number of nitrogens with one attached hydrogen (secondary N) is 2. The van der Waals surface area contributed by atoms with Crippen LogP contribution in [0.3, 0.4) is 0 Å². The fourth-order valence-corrected chi connectivity index (χ4v) is 4.33. The Morgan fingerprint density at radius 3 is 2.45 bits per heavy atom. The Morgan fingerprint density at radius 1 is 1.03 bits per heavy atom. The molecule has 0 unspecified atom stereocenters. The zero-order chi connectivity index (χ0) is 21.0. The summed E-state index contributed by atoms with van der Waals surface area (Å²) in [6.07, 6.45) is 2.62. The molecular formula is C21H22N2O5S. The summed E-state index contributed by atoms with van der Waals surface area (Å²) in [6, 6.07) is 8.20. The number of hydrogen-bond donors (Lipinski definition) is 3. The molecule has 1 aliphatic rings. The van der Waals surface area contributed by atoms with Gasteiger partial charge in [0.2, 0.25) is 5.91 Å². The topological polar surface area (TPSA) is 113 Å². The van der Waals surface area contributed by atoms with Crippen molar-refractivity contribution in [1.29, 1.82) is 0 Å². The molecule has 2 amide bonds. The summed E-state index contributed by atoms with van der Waals surface area (Å²) in [5.74, 6) is -3.15. The SMILES string of the molecule is CC(=O)c1cccc(NC(=O)c2ccsc2NC(=O)[C@H]2CCCC[C@H]2C(=O)O)c1. The molecule has 0 saturated heterocycles. The van der Waals surface area contributed by atoms with E-state index in [9.17, 15) is 24.3 Å². The molecule has 2 aromatic rings. The number of aliphatic carboxylic acids is 1. The van der Waals surface area contributed by atoms with Crippen LogP contribution in [0.4, 0.5) is 10.7 Å². The number of carbonyl (C=O) groups excluding carboxylic acids is 3. The molecule has 1 aliphatic carbocycles. The Bertz CT molecular complexity index is 952. The van der Waals surface area contributed by atoms with Crippen molar-refractivity contribution in [2.45, 2.75) is 32.6 Å². The van der Waals surface area contributed by atoms with Crippen LogP contribution < -0.4 is 10.6 Å². The first kappa shape index (κ1) is 20.7. The van der Waals surface area contributed by atoms with Crippen molar-refractivity contribution in [3.05, 3.63) is 46.8 Å². The van der Waals surface area contributed by atoms with Gasteiger partial charge in [-0.15, -0.1) is 11.3 Å². The van der Waals surface area contributed by atoms with E-state index in [2.05, 4.69) is 10.6 Å². The van der Waals surface area contributed by atoms with Gasteiger partial charge in [-0.25, -0.2) is 0 Å². The zero-order valence-electron chi connectivity index (χ0n) is 15.9. The van der Waals surface area contributed by atoms with Crippen LogP contribution >= 0.6 is 11.3 Å². The van der Waals surface area contributed by atoms with E-state index in [1.54, 1.807) is 35.7 Å². The molecule has 3 rings (SSSR count). The lowest BCUT2D eigenvalue weighted by Crippen LogP contribution is -2.36.